The number of nitriles is 1. The molecule has 6 heteroatoms. The third kappa shape index (κ3) is 6.02. The average molecular weight is 347 g/mol. The van der Waals surface area contributed by atoms with Crippen molar-refractivity contribution in [2.24, 2.45) is 4.99 Å². The minimum absolute atomic E-state index is 0.0908. The van der Waals surface area contributed by atoms with Gasteiger partial charge < -0.3 is 4.42 Å². The van der Waals surface area contributed by atoms with Crippen LogP contribution in [0.15, 0.2) is 68.4 Å². The number of hydrogen-bond donors (Lipinski definition) is 1. The maximum Gasteiger partial charge on any atom is 0.417 e. The zero-order chi connectivity index (χ0) is 19.5. The van der Waals surface area contributed by atoms with E-state index in [2.05, 4.69) is 29.1 Å². The second-order valence-corrected chi connectivity index (χ2v) is 5.47. The van der Waals surface area contributed by atoms with Crippen molar-refractivity contribution in [2.75, 3.05) is 7.05 Å². The molecule has 0 amide bonds. The van der Waals surface area contributed by atoms with Gasteiger partial charge in [0.15, 0.2) is 5.58 Å². The fraction of sp³-hybridized carbons (Fsp3) is 0.200. The zero-order valence-electron chi connectivity index (χ0n) is 15.3. The van der Waals surface area contributed by atoms with Crippen LogP contribution < -0.4 is 5.76 Å². The molecule has 1 aromatic heterocycles. The first-order valence-electron chi connectivity index (χ1n) is 8.03. The molecule has 0 saturated carbocycles. The topological polar surface area (TPSA) is 82.2 Å². The van der Waals surface area contributed by atoms with Crippen LogP contribution >= 0.6 is 0 Å². The third-order valence-corrected chi connectivity index (χ3v) is 3.64. The predicted octanol–water partition coefficient (Wildman–Crippen LogP) is 3.59. The van der Waals surface area contributed by atoms with Crippen LogP contribution in [0.1, 0.15) is 25.3 Å². The number of oxazole rings is 1. The van der Waals surface area contributed by atoms with E-state index >= 15 is 0 Å². The molecule has 0 saturated heterocycles. The van der Waals surface area contributed by atoms with E-state index < -0.39 is 5.76 Å². The van der Waals surface area contributed by atoms with Gasteiger partial charge in [0.25, 0.3) is 0 Å². The summed E-state index contributed by atoms with van der Waals surface area (Å²) in [6.45, 7) is 12.7. The number of rotatable bonds is 5. The summed E-state index contributed by atoms with van der Waals surface area (Å²) in [6, 6.07) is 7.66. The molecule has 2 rings (SSSR count). The molecule has 0 aliphatic carbocycles. The molecule has 0 spiro atoms. The van der Waals surface area contributed by atoms with Gasteiger partial charge in [-0.2, -0.15) is 5.26 Å². The van der Waals surface area contributed by atoms with E-state index in [0.29, 0.717) is 16.7 Å². The molecule has 1 unspecified atom stereocenters. The van der Waals surface area contributed by atoms with Crippen LogP contribution in [0.25, 0.3) is 11.1 Å². The minimum atomic E-state index is -0.457. The van der Waals surface area contributed by atoms with Crippen LogP contribution in [0.3, 0.4) is 0 Å². The Morgan fingerprint density at radius 2 is 2.19 bits per heavy atom. The number of nitrogens with one attached hydrogen (secondary N) is 1. The van der Waals surface area contributed by atoms with Crippen molar-refractivity contribution < 1.29 is 4.42 Å². The Morgan fingerprint density at radius 1 is 1.46 bits per heavy atom. The van der Waals surface area contributed by atoms with E-state index in [1.165, 1.54) is 0 Å². The molecule has 26 heavy (non-hydrogen) atoms. The van der Waals surface area contributed by atoms with Crippen LogP contribution in [0.2, 0.25) is 0 Å². The van der Waals surface area contributed by atoms with E-state index in [9.17, 15) is 4.79 Å². The number of allylic oxidation sites excluding steroid dienone is 5. The molecule has 1 atom stereocenters. The van der Waals surface area contributed by atoms with Crippen molar-refractivity contribution in [2.45, 2.75) is 19.8 Å². The first-order valence-corrected chi connectivity index (χ1v) is 8.03. The Labute approximate surface area is 154 Å². The standard InChI is InChI=1S/C17H16N2O2.C3H6BN/c1-4-13(6-5-11(2)10-18)12(3)14-7-8-16-15(9-14)19-17(20)21-16;1-4-3-5-2/h4-9,12H,1H2,2-3H3,(H,19,20);3H,1H2,2H3/b11-5+,13-6+;. The molecule has 0 aliphatic rings. The molecule has 132 valence electrons. The van der Waals surface area contributed by atoms with Crippen LogP contribution in [0.4, 0.5) is 0 Å². The van der Waals surface area contributed by atoms with Crippen LogP contribution in [0.5, 0.6) is 0 Å². The van der Waals surface area contributed by atoms with Gasteiger partial charge in [0.05, 0.1) is 11.6 Å². The van der Waals surface area contributed by atoms with Crippen molar-refractivity contribution in [3.8, 4) is 6.07 Å². The Bertz CT molecular complexity index is 955. The van der Waals surface area contributed by atoms with Gasteiger partial charge in [-0.1, -0.05) is 31.7 Å². The first-order chi connectivity index (χ1) is 12.5. The van der Waals surface area contributed by atoms with Gasteiger partial charge in [-0.05, 0) is 36.3 Å². The molecule has 1 aromatic carbocycles. The maximum atomic E-state index is 11.2. The molecule has 0 fully saturated rings. The van der Waals surface area contributed by atoms with Crippen LogP contribution in [-0.4, -0.2) is 31.5 Å². The normalized spacial score (nSPS) is 12.8. The Hall–Kier alpha value is -3.20. The molecular formula is C20H22BN3O2. The van der Waals surface area contributed by atoms with Crippen molar-refractivity contribution in [3.63, 3.8) is 0 Å². The van der Waals surface area contributed by atoms with Gasteiger partial charge in [-0.3, -0.25) is 4.98 Å². The van der Waals surface area contributed by atoms with Gasteiger partial charge in [0, 0.05) is 11.5 Å². The SMILES string of the molecule is C=BC=NC.C=C/C(=C\C=C(/C)C#N)C(C)c1ccc2oc(=O)[nH]c2c1. The van der Waals surface area contributed by atoms with E-state index in [4.69, 9.17) is 9.68 Å². The molecule has 0 aliphatic heterocycles. The average Bonchev–Trinajstić information content (AvgIpc) is 3.02. The summed E-state index contributed by atoms with van der Waals surface area (Å²) in [5.74, 6) is -0.366. The number of aromatic nitrogens is 1. The molecule has 2 aromatic rings. The summed E-state index contributed by atoms with van der Waals surface area (Å²) < 4.78 is 4.99. The number of nitrogens with zero attached hydrogens (tertiary/aromatic N) is 2. The summed E-state index contributed by atoms with van der Waals surface area (Å²) in [7, 11) is 1.71. The molecule has 1 N–H and O–H groups in total. The fourth-order valence-corrected chi connectivity index (χ4v) is 2.18. The summed E-state index contributed by atoms with van der Waals surface area (Å²) in [5, 5.41) is 8.78. The predicted molar refractivity (Wildman–Crippen MR) is 110 cm³/mol. The van der Waals surface area contributed by atoms with Crippen molar-refractivity contribution in [3.05, 3.63) is 70.3 Å². The van der Waals surface area contributed by atoms with Crippen molar-refractivity contribution in [1.29, 1.82) is 5.26 Å². The monoisotopic (exact) mass is 347 g/mol. The number of hydrogen-bond acceptors (Lipinski definition) is 4. The summed E-state index contributed by atoms with van der Waals surface area (Å²) >= 11 is 0. The minimum Gasteiger partial charge on any atom is -0.408 e. The smallest absolute Gasteiger partial charge is 0.408 e. The van der Waals surface area contributed by atoms with E-state index in [1.807, 2.05) is 25.1 Å². The number of H-pyrrole nitrogens is 1. The molecule has 1 heterocycles. The Balaban J connectivity index is 0.000000597. The van der Waals surface area contributed by atoms with Gasteiger partial charge in [0.1, 0.15) is 0 Å². The van der Waals surface area contributed by atoms with Gasteiger partial charge in [0.2, 0.25) is 0 Å². The molecule has 0 bridgehead atoms. The number of aliphatic imine (C=N–C) groups is 1. The number of fused-ring (bicyclic) bond motifs is 1. The Kier molecular flexibility index (Phi) is 8.52. The van der Waals surface area contributed by atoms with E-state index in [0.717, 1.165) is 11.1 Å². The van der Waals surface area contributed by atoms with Gasteiger partial charge in [-0.15, -0.1) is 0 Å². The van der Waals surface area contributed by atoms with Gasteiger partial charge >= 0.3 is 37.3 Å². The first kappa shape index (κ1) is 20.8. The second kappa shape index (κ2) is 10.6. The largest absolute Gasteiger partial charge is 0.417 e. The number of aromatic amines is 1. The van der Waals surface area contributed by atoms with E-state index in [1.54, 1.807) is 45.2 Å². The molecule has 0 radical (unpaired) electrons. The number of benzene rings is 1. The van der Waals surface area contributed by atoms with E-state index in [-0.39, 0.29) is 5.92 Å². The van der Waals surface area contributed by atoms with Crippen LogP contribution in [0, 0.1) is 11.3 Å². The molecule has 5 nitrogen and oxygen atoms in total. The quantitative estimate of drug-likeness (QED) is 0.388. The van der Waals surface area contributed by atoms with Crippen LogP contribution in [-0.2, 0) is 0 Å². The van der Waals surface area contributed by atoms with Crippen molar-refractivity contribution in [1.82, 2.24) is 4.98 Å². The zero-order valence-corrected chi connectivity index (χ0v) is 15.3. The second-order valence-electron chi connectivity index (χ2n) is 5.47. The summed E-state index contributed by atoms with van der Waals surface area (Å²) in [4.78, 5) is 17.4. The van der Waals surface area contributed by atoms with Gasteiger partial charge in [-0.25, -0.2) is 4.79 Å². The summed E-state index contributed by atoms with van der Waals surface area (Å²) in [5.41, 5.74) is 3.89. The maximum absolute atomic E-state index is 11.2. The fourth-order valence-electron chi connectivity index (χ4n) is 2.18. The van der Waals surface area contributed by atoms with Crippen molar-refractivity contribution >= 4 is 30.6 Å². The third-order valence-electron chi connectivity index (χ3n) is 3.64. The molecular weight excluding hydrogens is 325 g/mol. The Morgan fingerprint density at radius 3 is 2.73 bits per heavy atom. The summed E-state index contributed by atoms with van der Waals surface area (Å²) in [6.07, 6.45) is 7.07.